The van der Waals surface area contributed by atoms with Gasteiger partial charge in [-0.1, -0.05) is 129 Å². The summed E-state index contributed by atoms with van der Waals surface area (Å²) in [5, 5.41) is 0. The zero-order valence-electron chi connectivity index (χ0n) is 23.4. The molecule has 190 valence electrons. The maximum Gasteiger partial charge on any atom is 0.0108 e. The van der Waals surface area contributed by atoms with Crippen molar-refractivity contribution in [3.05, 3.63) is 129 Å². The van der Waals surface area contributed by atoms with Crippen LogP contribution in [0.4, 0.5) is 0 Å². The molecule has 0 aliphatic heterocycles. The minimum atomic E-state index is 0.0260. The summed E-state index contributed by atoms with van der Waals surface area (Å²) < 4.78 is 0. The van der Waals surface area contributed by atoms with E-state index in [0.29, 0.717) is 5.92 Å². The predicted octanol–water partition coefficient (Wildman–Crippen LogP) is 10.3. The zero-order valence-corrected chi connectivity index (χ0v) is 23.4. The molecular weight excluding hydrogens is 456 g/mol. The van der Waals surface area contributed by atoms with Crippen LogP contribution < -0.4 is 0 Å². The minimum absolute atomic E-state index is 0.0260. The number of fused-ring (bicyclic) bond motifs is 2. The van der Waals surface area contributed by atoms with Gasteiger partial charge >= 0.3 is 0 Å². The van der Waals surface area contributed by atoms with Crippen molar-refractivity contribution >= 4 is 12.2 Å². The second-order valence-corrected chi connectivity index (χ2v) is 12.0. The Bertz CT molecular complexity index is 1480. The highest BCUT2D eigenvalue weighted by molar-refractivity contribution is 5.85. The fraction of sp³-hybridized carbons (Fsp3) is 0.263. The van der Waals surface area contributed by atoms with Crippen molar-refractivity contribution < 1.29 is 0 Å². The van der Waals surface area contributed by atoms with Crippen molar-refractivity contribution in [2.75, 3.05) is 0 Å². The van der Waals surface area contributed by atoms with E-state index in [2.05, 4.69) is 132 Å². The highest BCUT2D eigenvalue weighted by Crippen LogP contribution is 2.52. The van der Waals surface area contributed by atoms with Crippen LogP contribution in [-0.4, -0.2) is 0 Å². The van der Waals surface area contributed by atoms with Crippen LogP contribution in [0, 0.1) is 25.2 Å². The summed E-state index contributed by atoms with van der Waals surface area (Å²) in [7, 11) is 0. The Morgan fingerprint density at radius 2 is 1.00 bits per heavy atom. The van der Waals surface area contributed by atoms with Crippen molar-refractivity contribution in [1.82, 2.24) is 0 Å². The molecule has 4 aromatic carbocycles. The van der Waals surface area contributed by atoms with Gasteiger partial charge in [0, 0.05) is 5.41 Å². The Kier molecular flexibility index (Phi) is 6.23. The average Bonchev–Trinajstić information content (AvgIpc) is 3.54. The number of hydrogen-bond acceptors (Lipinski definition) is 0. The highest BCUT2D eigenvalue weighted by atomic mass is 14.4. The van der Waals surface area contributed by atoms with E-state index < -0.39 is 0 Å². The van der Waals surface area contributed by atoms with Gasteiger partial charge in [-0.3, -0.25) is 0 Å². The van der Waals surface area contributed by atoms with Crippen LogP contribution in [0.3, 0.4) is 0 Å². The molecule has 0 atom stereocenters. The first-order chi connectivity index (χ1) is 18.3. The molecule has 0 unspecified atom stereocenters. The average molecular weight is 495 g/mol. The highest BCUT2D eigenvalue weighted by Gasteiger charge is 2.38. The number of rotatable bonds is 6. The molecule has 2 aliphatic carbocycles. The third-order valence-electron chi connectivity index (χ3n) is 8.90. The summed E-state index contributed by atoms with van der Waals surface area (Å²) >= 11 is 0. The molecule has 0 heterocycles. The Labute approximate surface area is 228 Å². The molecule has 0 saturated carbocycles. The smallest absolute Gasteiger partial charge is 0.0108 e. The molecule has 0 saturated heterocycles. The first-order valence-corrected chi connectivity index (χ1v) is 14.1. The molecule has 0 amide bonds. The molecule has 0 aromatic heterocycles. The molecule has 4 aromatic rings. The third kappa shape index (κ3) is 4.17. The van der Waals surface area contributed by atoms with E-state index in [1.165, 1.54) is 55.6 Å². The molecule has 0 fully saturated rings. The van der Waals surface area contributed by atoms with Crippen LogP contribution in [0.1, 0.15) is 60.6 Å². The lowest BCUT2D eigenvalue weighted by atomic mass is 9.69. The number of aryl methyl sites for hydroxylation is 2. The van der Waals surface area contributed by atoms with Crippen LogP contribution in [-0.2, 0) is 12.8 Å². The Morgan fingerprint density at radius 1 is 0.579 bits per heavy atom. The quantitative estimate of drug-likeness (QED) is 0.250. The second kappa shape index (κ2) is 9.59. The topological polar surface area (TPSA) is 0 Å². The summed E-state index contributed by atoms with van der Waals surface area (Å²) in [4.78, 5) is 0. The van der Waals surface area contributed by atoms with Gasteiger partial charge in [-0.05, 0) is 94.7 Å². The molecule has 0 nitrogen and oxygen atoms in total. The Balaban J connectivity index is 1.45. The summed E-state index contributed by atoms with van der Waals surface area (Å²) in [5.74, 6) is 0.612. The zero-order chi connectivity index (χ0) is 26.4. The molecular formula is C38H38. The predicted molar refractivity (Wildman–Crippen MR) is 164 cm³/mol. The first-order valence-electron chi connectivity index (χ1n) is 14.1. The fourth-order valence-electron chi connectivity index (χ4n) is 6.95. The van der Waals surface area contributed by atoms with Crippen molar-refractivity contribution in [2.45, 2.75) is 53.9 Å². The molecule has 0 bridgehead atoms. The normalized spacial score (nSPS) is 14.4. The van der Waals surface area contributed by atoms with Gasteiger partial charge in [-0.25, -0.2) is 0 Å². The van der Waals surface area contributed by atoms with Crippen molar-refractivity contribution in [1.29, 1.82) is 0 Å². The van der Waals surface area contributed by atoms with Gasteiger partial charge in [0.25, 0.3) is 0 Å². The fourth-order valence-corrected chi connectivity index (χ4v) is 6.95. The van der Waals surface area contributed by atoms with Gasteiger partial charge in [0.1, 0.15) is 0 Å². The number of hydrogen-bond donors (Lipinski definition) is 0. The van der Waals surface area contributed by atoms with Crippen LogP contribution in [0.2, 0.25) is 0 Å². The lowest BCUT2D eigenvalue weighted by molar-refractivity contribution is 0.363. The lowest BCUT2D eigenvalue weighted by Crippen LogP contribution is -2.25. The Hall–Kier alpha value is -3.64. The third-order valence-corrected chi connectivity index (χ3v) is 8.90. The molecule has 0 N–H and O–H groups in total. The SMILES string of the molecule is Cc1ccccc1-c1cccc2c1C=C(C(C)(CC(C)C)C1=Cc3c(cccc3-c3ccccc3C)C1)C2. The molecule has 2 aliphatic rings. The van der Waals surface area contributed by atoms with Crippen LogP contribution in [0.15, 0.2) is 96.1 Å². The van der Waals surface area contributed by atoms with E-state index in [-0.39, 0.29) is 5.41 Å². The van der Waals surface area contributed by atoms with Gasteiger partial charge < -0.3 is 0 Å². The van der Waals surface area contributed by atoms with Crippen LogP contribution >= 0.6 is 0 Å². The minimum Gasteiger partial charge on any atom is -0.0627 e. The molecule has 6 rings (SSSR count). The van der Waals surface area contributed by atoms with Crippen LogP contribution in [0.25, 0.3) is 34.4 Å². The van der Waals surface area contributed by atoms with E-state index in [9.17, 15) is 0 Å². The molecule has 38 heavy (non-hydrogen) atoms. The van der Waals surface area contributed by atoms with Gasteiger partial charge in [0.2, 0.25) is 0 Å². The summed E-state index contributed by atoms with van der Waals surface area (Å²) in [6.07, 6.45) is 8.33. The number of benzene rings is 4. The summed E-state index contributed by atoms with van der Waals surface area (Å²) in [5.41, 5.74) is 17.0. The summed E-state index contributed by atoms with van der Waals surface area (Å²) in [6, 6.07) is 31.4. The van der Waals surface area contributed by atoms with E-state index in [1.807, 2.05) is 0 Å². The monoisotopic (exact) mass is 494 g/mol. The van der Waals surface area contributed by atoms with Gasteiger partial charge in [0.15, 0.2) is 0 Å². The van der Waals surface area contributed by atoms with Gasteiger partial charge in [-0.2, -0.15) is 0 Å². The second-order valence-electron chi connectivity index (χ2n) is 12.0. The van der Waals surface area contributed by atoms with E-state index in [1.54, 1.807) is 11.1 Å². The number of allylic oxidation sites excluding steroid dienone is 2. The maximum absolute atomic E-state index is 2.55. The standard InChI is InChI=1S/C38H38/c1-25(2)24-38(5,30-20-28-14-10-18-34(36(28)22-30)32-16-8-6-12-26(32)3)31-21-29-15-11-19-35(37(29)23-31)33-17-9-7-13-27(33)4/h6-19,22-23,25H,20-21,24H2,1-5H3. The molecule has 0 radical (unpaired) electrons. The van der Waals surface area contributed by atoms with E-state index >= 15 is 0 Å². The van der Waals surface area contributed by atoms with Crippen molar-refractivity contribution in [3.63, 3.8) is 0 Å². The van der Waals surface area contributed by atoms with Gasteiger partial charge in [0.05, 0.1) is 0 Å². The lowest BCUT2D eigenvalue weighted by Gasteiger charge is -2.35. The van der Waals surface area contributed by atoms with Crippen molar-refractivity contribution in [2.24, 2.45) is 11.3 Å². The summed E-state index contributed by atoms with van der Waals surface area (Å²) in [6.45, 7) is 11.7. The van der Waals surface area contributed by atoms with E-state index in [4.69, 9.17) is 0 Å². The van der Waals surface area contributed by atoms with E-state index in [0.717, 1.165) is 19.3 Å². The maximum atomic E-state index is 2.55. The first kappa shape index (κ1) is 24.7. The Morgan fingerprint density at radius 3 is 1.42 bits per heavy atom. The molecule has 0 spiro atoms. The van der Waals surface area contributed by atoms with Gasteiger partial charge in [-0.15, -0.1) is 0 Å². The van der Waals surface area contributed by atoms with Crippen LogP contribution in [0.5, 0.6) is 0 Å². The molecule has 0 heteroatoms. The largest absolute Gasteiger partial charge is 0.0627 e. The van der Waals surface area contributed by atoms with Crippen molar-refractivity contribution in [3.8, 4) is 22.3 Å².